The molecular formula is C16H21NO3. The number of hydrogen-bond acceptors (Lipinski definition) is 3. The predicted molar refractivity (Wildman–Crippen MR) is 76.4 cm³/mol. The molecule has 20 heavy (non-hydrogen) atoms. The first-order chi connectivity index (χ1) is 9.60. The summed E-state index contributed by atoms with van der Waals surface area (Å²) < 4.78 is 5.14. The molecule has 0 fully saturated rings. The topological polar surface area (TPSA) is 55.4 Å². The number of aryl methyl sites for hydroxylation is 2. The molecule has 0 radical (unpaired) electrons. The summed E-state index contributed by atoms with van der Waals surface area (Å²) in [5.74, 6) is -0.614. The van der Waals surface area contributed by atoms with Crippen LogP contribution in [0.1, 0.15) is 37.0 Å². The summed E-state index contributed by atoms with van der Waals surface area (Å²) in [6.45, 7) is 3.95. The monoisotopic (exact) mass is 275 g/mol. The Labute approximate surface area is 119 Å². The van der Waals surface area contributed by atoms with Gasteiger partial charge >= 0.3 is 5.97 Å². The lowest BCUT2D eigenvalue weighted by Crippen LogP contribution is -2.35. The molecule has 0 spiro atoms. The van der Waals surface area contributed by atoms with Crippen molar-refractivity contribution in [2.75, 3.05) is 6.54 Å². The lowest BCUT2D eigenvalue weighted by atomic mass is 10.0. The molecule has 4 nitrogen and oxygen atoms in total. The van der Waals surface area contributed by atoms with Gasteiger partial charge in [0.05, 0.1) is 6.42 Å². The molecule has 0 heterocycles. The molecule has 0 saturated carbocycles. The SMILES string of the molecule is CCNC(=O)[C@@H](C)OC(=O)Cc1ccc2c(c1)CCC2. The predicted octanol–water partition coefficient (Wildman–Crippen LogP) is 1.79. The first kappa shape index (κ1) is 14.6. The Kier molecular flexibility index (Phi) is 4.77. The first-order valence-corrected chi connectivity index (χ1v) is 7.18. The van der Waals surface area contributed by atoms with Crippen LogP contribution in [0.5, 0.6) is 0 Å². The van der Waals surface area contributed by atoms with E-state index in [0.717, 1.165) is 18.4 Å². The standard InChI is InChI=1S/C16H21NO3/c1-3-17-16(19)11(2)20-15(18)10-12-7-8-13-5-4-6-14(13)9-12/h7-9,11H,3-6,10H2,1-2H3,(H,17,19)/t11-/m1/s1. The molecule has 1 amide bonds. The van der Waals surface area contributed by atoms with Crippen molar-refractivity contribution in [3.8, 4) is 0 Å². The summed E-state index contributed by atoms with van der Waals surface area (Å²) in [5.41, 5.74) is 3.68. The van der Waals surface area contributed by atoms with Crippen molar-refractivity contribution >= 4 is 11.9 Å². The Morgan fingerprint density at radius 2 is 2.05 bits per heavy atom. The van der Waals surface area contributed by atoms with Gasteiger partial charge in [-0.05, 0) is 49.8 Å². The summed E-state index contributed by atoms with van der Waals surface area (Å²) in [4.78, 5) is 23.3. The third-order valence-corrected chi connectivity index (χ3v) is 3.54. The number of rotatable bonds is 5. The zero-order valence-electron chi connectivity index (χ0n) is 12.1. The van der Waals surface area contributed by atoms with Crippen LogP contribution in [0, 0.1) is 0 Å². The second kappa shape index (κ2) is 6.55. The van der Waals surface area contributed by atoms with Crippen LogP contribution in [0.3, 0.4) is 0 Å². The summed E-state index contributed by atoms with van der Waals surface area (Å²) in [6, 6.07) is 6.15. The van der Waals surface area contributed by atoms with Gasteiger partial charge in [0, 0.05) is 6.54 Å². The van der Waals surface area contributed by atoms with Gasteiger partial charge in [-0.1, -0.05) is 18.2 Å². The highest BCUT2D eigenvalue weighted by Gasteiger charge is 2.18. The quantitative estimate of drug-likeness (QED) is 0.833. The van der Waals surface area contributed by atoms with Gasteiger partial charge in [-0.3, -0.25) is 9.59 Å². The fourth-order valence-electron chi connectivity index (χ4n) is 2.51. The molecule has 0 aliphatic heterocycles. The molecule has 1 aromatic carbocycles. The minimum Gasteiger partial charge on any atom is -0.452 e. The molecule has 0 bridgehead atoms. The van der Waals surface area contributed by atoms with E-state index in [9.17, 15) is 9.59 Å². The number of likely N-dealkylation sites (N-methyl/N-ethyl adjacent to an activating group) is 1. The zero-order valence-corrected chi connectivity index (χ0v) is 12.1. The number of hydrogen-bond donors (Lipinski definition) is 1. The van der Waals surface area contributed by atoms with E-state index in [4.69, 9.17) is 4.74 Å². The second-order valence-electron chi connectivity index (χ2n) is 5.16. The maximum Gasteiger partial charge on any atom is 0.311 e. The number of carbonyl (C=O) groups excluding carboxylic acids is 2. The lowest BCUT2D eigenvalue weighted by molar-refractivity contribution is -0.154. The van der Waals surface area contributed by atoms with Crippen LogP contribution < -0.4 is 5.32 Å². The fraction of sp³-hybridized carbons (Fsp3) is 0.500. The number of benzene rings is 1. The molecule has 108 valence electrons. The zero-order chi connectivity index (χ0) is 14.5. The summed E-state index contributed by atoms with van der Waals surface area (Å²) in [6.07, 6.45) is 2.90. The van der Waals surface area contributed by atoms with Crippen LogP contribution in [0.4, 0.5) is 0 Å². The maximum absolute atomic E-state index is 11.8. The third kappa shape index (κ3) is 3.59. The van der Waals surface area contributed by atoms with E-state index in [-0.39, 0.29) is 18.3 Å². The van der Waals surface area contributed by atoms with Gasteiger partial charge in [0.1, 0.15) is 0 Å². The maximum atomic E-state index is 11.8. The van der Waals surface area contributed by atoms with E-state index >= 15 is 0 Å². The molecule has 1 aliphatic carbocycles. The molecule has 1 aromatic rings. The van der Waals surface area contributed by atoms with Crippen molar-refractivity contribution in [1.82, 2.24) is 5.32 Å². The van der Waals surface area contributed by atoms with E-state index in [1.807, 2.05) is 13.0 Å². The number of nitrogens with one attached hydrogen (secondary N) is 1. The number of amides is 1. The van der Waals surface area contributed by atoms with E-state index < -0.39 is 6.10 Å². The second-order valence-corrected chi connectivity index (χ2v) is 5.16. The Hall–Kier alpha value is -1.84. The number of ether oxygens (including phenoxy) is 1. The first-order valence-electron chi connectivity index (χ1n) is 7.18. The van der Waals surface area contributed by atoms with Gasteiger partial charge in [-0.25, -0.2) is 0 Å². The van der Waals surface area contributed by atoms with Gasteiger partial charge in [0.15, 0.2) is 6.10 Å². The van der Waals surface area contributed by atoms with Crippen molar-refractivity contribution in [3.05, 3.63) is 34.9 Å². The fourth-order valence-corrected chi connectivity index (χ4v) is 2.51. The van der Waals surface area contributed by atoms with Crippen molar-refractivity contribution < 1.29 is 14.3 Å². The van der Waals surface area contributed by atoms with Crippen LogP contribution in [-0.2, 0) is 33.6 Å². The van der Waals surface area contributed by atoms with Gasteiger partial charge in [0.25, 0.3) is 5.91 Å². The van der Waals surface area contributed by atoms with Crippen LogP contribution in [-0.4, -0.2) is 24.5 Å². The van der Waals surface area contributed by atoms with Crippen LogP contribution >= 0.6 is 0 Å². The Balaban J connectivity index is 1.90. The molecule has 4 heteroatoms. The van der Waals surface area contributed by atoms with Gasteiger partial charge in [-0.15, -0.1) is 0 Å². The summed E-state index contributed by atoms with van der Waals surface area (Å²) >= 11 is 0. The number of esters is 1. The van der Waals surface area contributed by atoms with Gasteiger partial charge in [0.2, 0.25) is 0 Å². The molecule has 1 aliphatic rings. The summed E-state index contributed by atoms with van der Waals surface area (Å²) in [7, 11) is 0. The van der Waals surface area contributed by atoms with E-state index in [2.05, 4.69) is 17.4 Å². The molecule has 1 N–H and O–H groups in total. The van der Waals surface area contributed by atoms with Gasteiger partial charge in [-0.2, -0.15) is 0 Å². The van der Waals surface area contributed by atoms with Gasteiger partial charge < -0.3 is 10.1 Å². The normalized spacial score (nSPS) is 14.5. The Morgan fingerprint density at radius 1 is 1.30 bits per heavy atom. The molecule has 0 aromatic heterocycles. The Bertz CT molecular complexity index is 510. The average molecular weight is 275 g/mol. The average Bonchev–Trinajstić information content (AvgIpc) is 2.86. The largest absolute Gasteiger partial charge is 0.452 e. The smallest absolute Gasteiger partial charge is 0.311 e. The molecule has 1 atom stereocenters. The number of fused-ring (bicyclic) bond motifs is 1. The highest BCUT2D eigenvalue weighted by Crippen LogP contribution is 2.23. The Morgan fingerprint density at radius 3 is 2.80 bits per heavy atom. The molecular weight excluding hydrogens is 254 g/mol. The van der Waals surface area contributed by atoms with Crippen molar-refractivity contribution in [2.45, 2.75) is 45.6 Å². The minimum absolute atomic E-state index is 0.219. The molecule has 0 unspecified atom stereocenters. The molecule has 2 rings (SSSR count). The van der Waals surface area contributed by atoms with E-state index in [1.54, 1.807) is 6.92 Å². The van der Waals surface area contributed by atoms with Crippen LogP contribution in [0.2, 0.25) is 0 Å². The van der Waals surface area contributed by atoms with Crippen LogP contribution in [0.25, 0.3) is 0 Å². The third-order valence-electron chi connectivity index (χ3n) is 3.54. The highest BCUT2D eigenvalue weighted by atomic mass is 16.5. The number of carbonyl (C=O) groups is 2. The van der Waals surface area contributed by atoms with Crippen molar-refractivity contribution in [3.63, 3.8) is 0 Å². The van der Waals surface area contributed by atoms with Crippen molar-refractivity contribution in [2.24, 2.45) is 0 Å². The minimum atomic E-state index is -0.739. The van der Waals surface area contributed by atoms with Crippen LogP contribution in [0.15, 0.2) is 18.2 Å². The van der Waals surface area contributed by atoms with E-state index in [1.165, 1.54) is 17.5 Å². The highest BCUT2D eigenvalue weighted by molar-refractivity contribution is 5.83. The summed E-state index contributed by atoms with van der Waals surface area (Å²) in [5, 5.41) is 2.63. The lowest BCUT2D eigenvalue weighted by Gasteiger charge is -2.13. The molecule has 0 saturated heterocycles. The van der Waals surface area contributed by atoms with Crippen molar-refractivity contribution in [1.29, 1.82) is 0 Å². The van der Waals surface area contributed by atoms with E-state index in [0.29, 0.717) is 6.54 Å².